The Bertz CT molecular complexity index is 881. The Morgan fingerprint density at radius 3 is 2.79 bits per heavy atom. The van der Waals surface area contributed by atoms with Crippen LogP contribution in [-0.4, -0.2) is 28.9 Å². The van der Waals surface area contributed by atoms with E-state index >= 15 is 0 Å². The minimum Gasteiger partial charge on any atom is -0.370 e. The van der Waals surface area contributed by atoms with Gasteiger partial charge in [-0.2, -0.15) is 0 Å². The van der Waals surface area contributed by atoms with Crippen LogP contribution in [0.4, 0.5) is 5.69 Å². The predicted molar refractivity (Wildman–Crippen MR) is 94.9 cm³/mol. The Kier molecular flexibility index (Phi) is 4.42. The summed E-state index contributed by atoms with van der Waals surface area (Å²) in [6.07, 6.45) is 3.45. The summed E-state index contributed by atoms with van der Waals surface area (Å²) in [6, 6.07) is 11.0. The van der Waals surface area contributed by atoms with Gasteiger partial charge in [-0.15, -0.1) is 0 Å². The topological polar surface area (TPSA) is 108 Å². The number of pyridine rings is 1. The van der Waals surface area contributed by atoms with Crippen molar-refractivity contribution < 1.29 is 4.79 Å². The number of nitrogens with zero attached hydrogens (tertiary/aromatic N) is 2. The van der Waals surface area contributed by atoms with Crippen molar-refractivity contribution in [2.75, 3.05) is 12.4 Å². The van der Waals surface area contributed by atoms with Gasteiger partial charge in [0.05, 0.1) is 5.69 Å². The minimum atomic E-state index is -0.169. The predicted octanol–water partition coefficient (Wildman–Crippen LogP) is 1.85. The van der Waals surface area contributed by atoms with Gasteiger partial charge >= 0.3 is 0 Å². The van der Waals surface area contributed by atoms with Crippen LogP contribution < -0.4 is 16.4 Å². The molecule has 2 heterocycles. The number of carbonyl (C=O) groups is 1. The lowest BCUT2D eigenvalue weighted by Gasteiger charge is -2.08. The summed E-state index contributed by atoms with van der Waals surface area (Å²) in [7, 11) is 1.62. The van der Waals surface area contributed by atoms with Crippen LogP contribution in [0.5, 0.6) is 0 Å². The number of hydrogen-bond donors (Lipinski definition) is 4. The van der Waals surface area contributed by atoms with Crippen LogP contribution in [0.3, 0.4) is 0 Å². The molecule has 1 amide bonds. The molecule has 0 atom stereocenters. The van der Waals surface area contributed by atoms with Gasteiger partial charge in [0.25, 0.3) is 5.91 Å². The van der Waals surface area contributed by atoms with Crippen LogP contribution in [0.25, 0.3) is 11.0 Å². The molecule has 0 spiro atoms. The van der Waals surface area contributed by atoms with Gasteiger partial charge in [-0.1, -0.05) is 12.1 Å². The number of carbonyl (C=O) groups excluding carboxylic acids is 1. The van der Waals surface area contributed by atoms with Crippen molar-refractivity contribution in [2.24, 2.45) is 10.7 Å². The molecule has 0 radical (unpaired) electrons. The maximum absolute atomic E-state index is 12.4. The largest absolute Gasteiger partial charge is 0.370 e. The summed E-state index contributed by atoms with van der Waals surface area (Å²) in [6.45, 7) is 0.555. The Morgan fingerprint density at radius 2 is 2.04 bits per heavy atom. The molecule has 122 valence electrons. The van der Waals surface area contributed by atoms with Crippen molar-refractivity contribution in [3.05, 3.63) is 59.9 Å². The minimum absolute atomic E-state index is 0.169. The van der Waals surface area contributed by atoms with Gasteiger partial charge in [-0.25, -0.2) is 4.98 Å². The van der Waals surface area contributed by atoms with E-state index in [1.165, 1.54) is 0 Å². The number of guanidine groups is 1. The summed E-state index contributed by atoms with van der Waals surface area (Å²) >= 11 is 0. The summed E-state index contributed by atoms with van der Waals surface area (Å²) in [5, 5.41) is 6.76. The van der Waals surface area contributed by atoms with E-state index in [0.717, 1.165) is 22.3 Å². The van der Waals surface area contributed by atoms with E-state index in [1.54, 1.807) is 37.6 Å². The molecule has 0 saturated carbocycles. The van der Waals surface area contributed by atoms with Crippen molar-refractivity contribution in [1.82, 2.24) is 15.3 Å². The van der Waals surface area contributed by atoms with E-state index < -0.39 is 0 Å². The van der Waals surface area contributed by atoms with E-state index in [9.17, 15) is 4.79 Å². The standard InChI is InChI=1S/C17H18N6O/c1-19-17(18)22-10-11-2-4-12(5-3-11)16(24)23-14-7-9-21-15-13(14)6-8-20-15/h2-9H,10H2,1H3,(H3,18,19,22)(H2,20,21,23,24). The number of amides is 1. The monoisotopic (exact) mass is 322 g/mol. The Balaban J connectivity index is 1.70. The van der Waals surface area contributed by atoms with Crippen molar-refractivity contribution in [3.8, 4) is 0 Å². The van der Waals surface area contributed by atoms with Gasteiger partial charge in [-0.05, 0) is 29.8 Å². The molecule has 5 N–H and O–H groups in total. The van der Waals surface area contributed by atoms with Gasteiger partial charge in [-0.3, -0.25) is 9.79 Å². The van der Waals surface area contributed by atoms with Crippen molar-refractivity contribution in [1.29, 1.82) is 0 Å². The van der Waals surface area contributed by atoms with Crippen molar-refractivity contribution in [2.45, 2.75) is 6.54 Å². The molecule has 0 aliphatic heterocycles. The first-order valence-electron chi connectivity index (χ1n) is 7.46. The van der Waals surface area contributed by atoms with Crippen LogP contribution in [0.1, 0.15) is 15.9 Å². The quantitative estimate of drug-likeness (QED) is 0.434. The second kappa shape index (κ2) is 6.82. The van der Waals surface area contributed by atoms with E-state index in [1.807, 2.05) is 18.2 Å². The Morgan fingerprint density at radius 1 is 1.25 bits per heavy atom. The summed E-state index contributed by atoms with van der Waals surface area (Å²) in [5.74, 6) is 0.211. The van der Waals surface area contributed by atoms with Gasteiger partial charge < -0.3 is 21.4 Å². The molecule has 0 aliphatic carbocycles. The van der Waals surface area contributed by atoms with Crippen LogP contribution in [0.2, 0.25) is 0 Å². The molecule has 7 heteroatoms. The molecular weight excluding hydrogens is 304 g/mol. The van der Waals surface area contributed by atoms with Crippen molar-refractivity contribution in [3.63, 3.8) is 0 Å². The highest BCUT2D eigenvalue weighted by Crippen LogP contribution is 2.20. The highest BCUT2D eigenvalue weighted by Gasteiger charge is 2.09. The fourth-order valence-electron chi connectivity index (χ4n) is 2.31. The second-order valence-electron chi connectivity index (χ2n) is 5.21. The molecule has 0 saturated heterocycles. The molecule has 24 heavy (non-hydrogen) atoms. The van der Waals surface area contributed by atoms with Crippen molar-refractivity contribution >= 4 is 28.6 Å². The third-order valence-electron chi connectivity index (χ3n) is 3.64. The van der Waals surface area contributed by atoms with Crippen LogP contribution >= 0.6 is 0 Å². The van der Waals surface area contributed by atoms with E-state index in [-0.39, 0.29) is 5.91 Å². The fraction of sp³-hybridized carbons (Fsp3) is 0.118. The first-order chi connectivity index (χ1) is 11.7. The number of aliphatic imine (C=N–C) groups is 1. The molecule has 0 bridgehead atoms. The number of aromatic nitrogens is 2. The number of anilines is 1. The highest BCUT2D eigenvalue weighted by molar-refractivity contribution is 6.08. The number of nitrogens with one attached hydrogen (secondary N) is 3. The number of hydrogen-bond acceptors (Lipinski definition) is 3. The number of benzene rings is 1. The molecule has 0 unspecified atom stereocenters. The lowest BCUT2D eigenvalue weighted by molar-refractivity contribution is 0.102. The normalized spacial score (nSPS) is 11.5. The third-order valence-corrected chi connectivity index (χ3v) is 3.64. The summed E-state index contributed by atoms with van der Waals surface area (Å²) in [4.78, 5) is 23.5. The smallest absolute Gasteiger partial charge is 0.255 e. The first kappa shape index (κ1) is 15.5. The zero-order valence-electron chi connectivity index (χ0n) is 13.2. The zero-order chi connectivity index (χ0) is 16.9. The maximum Gasteiger partial charge on any atom is 0.255 e. The van der Waals surface area contributed by atoms with E-state index in [0.29, 0.717) is 18.1 Å². The lowest BCUT2D eigenvalue weighted by atomic mass is 10.1. The molecule has 3 rings (SSSR count). The molecule has 0 aliphatic rings. The van der Waals surface area contributed by atoms with Crippen LogP contribution in [0, 0.1) is 0 Å². The highest BCUT2D eigenvalue weighted by atomic mass is 16.1. The SMILES string of the molecule is CN=C(N)NCc1ccc(C(=O)Nc2ccnc3[nH]ccc23)cc1. The second-order valence-corrected chi connectivity index (χ2v) is 5.21. The molecule has 3 aromatic rings. The molecular formula is C17H18N6O. The number of fused-ring (bicyclic) bond motifs is 1. The molecule has 7 nitrogen and oxygen atoms in total. The van der Waals surface area contributed by atoms with Gasteiger partial charge in [0.1, 0.15) is 5.65 Å². The molecule has 2 aromatic heterocycles. The first-order valence-corrected chi connectivity index (χ1v) is 7.46. The van der Waals surface area contributed by atoms with Gasteiger partial charge in [0.2, 0.25) is 0 Å². The van der Waals surface area contributed by atoms with Gasteiger partial charge in [0, 0.05) is 36.9 Å². The Hall–Kier alpha value is -3.35. The lowest BCUT2D eigenvalue weighted by Crippen LogP contribution is -2.30. The Labute approximate surface area is 139 Å². The summed E-state index contributed by atoms with van der Waals surface area (Å²) in [5.41, 5.74) is 8.64. The van der Waals surface area contributed by atoms with E-state index in [4.69, 9.17) is 5.73 Å². The molecule has 0 fully saturated rings. The van der Waals surface area contributed by atoms with Crippen LogP contribution in [-0.2, 0) is 6.54 Å². The number of H-pyrrole nitrogens is 1. The van der Waals surface area contributed by atoms with Gasteiger partial charge in [0.15, 0.2) is 5.96 Å². The summed E-state index contributed by atoms with van der Waals surface area (Å²) < 4.78 is 0. The third kappa shape index (κ3) is 3.35. The maximum atomic E-state index is 12.4. The zero-order valence-corrected chi connectivity index (χ0v) is 13.2. The number of aromatic amines is 1. The number of nitrogens with two attached hydrogens (primary N) is 1. The average molecular weight is 322 g/mol. The average Bonchev–Trinajstić information content (AvgIpc) is 3.10. The fourth-order valence-corrected chi connectivity index (χ4v) is 2.31. The number of rotatable bonds is 4. The van der Waals surface area contributed by atoms with Crippen LogP contribution in [0.15, 0.2) is 53.8 Å². The molecule has 1 aromatic carbocycles. The van der Waals surface area contributed by atoms with E-state index in [2.05, 4.69) is 25.6 Å².